The number of rotatable bonds is 5. The van der Waals surface area contributed by atoms with Gasteiger partial charge in [-0.25, -0.2) is 8.42 Å². The second-order valence-electron chi connectivity index (χ2n) is 6.55. The van der Waals surface area contributed by atoms with Crippen LogP contribution < -0.4 is 5.32 Å². The summed E-state index contributed by atoms with van der Waals surface area (Å²) in [6.07, 6.45) is -1.19. The molecule has 1 N–H and O–H groups in total. The van der Waals surface area contributed by atoms with Gasteiger partial charge in [0.1, 0.15) is 6.54 Å². The Morgan fingerprint density at radius 3 is 2.64 bits per heavy atom. The Hall–Kier alpha value is -2.40. The van der Waals surface area contributed by atoms with E-state index in [1.807, 2.05) is 0 Å². The van der Waals surface area contributed by atoms with Crippen molar-refractivity contribution < 1.29 is 26.4 Å². The van der Waals surface area contributed by atoms with E-state index in [4.69, 9.17) is 0 Å². The number of aromatic nitrogens is 2. The van der Waals surface area contributed by atoms with Crippen molar-refractivity contribution in [2.45, 2.75) is 30.5 Å². The Bertz CT molecular complexity index is 929. The molecule has 28 heavy (non-hydrogen) atoms. The van der Waals surface area contributed by atoms with Crippen molar-refractivity contribution in [2.75, 3.05) is 18.4 Å². The number of nitrogens with one attached hydrogen (secondary N) is 1. The Labute approximate surface area is 160 Å². The van der Waals surface area contributed by atoms with Crippen LogP contribution in [-0.4, -0.2) is 47.7 Å². The van der Waals surface area contributed by atoms with E-state index in [0.29, 0.717) is 24.1 Å². The maximum Gasteiger partial charge on any atom is 0.408 e. The van der Waals surface area contributed by atoms with Gasteiger partial charge in [-0.05, 0) is 25.0 Å². The number of hydrogen-bond acceptors (Lipinski definition) is 4. The predicted octanol–water partition coefficient (Wildman–Crippen LogP) is 2.48. The van der Waals surface area contributed by atoms with Gasteiger partial charge >= 0.3 is 6.18 Å². The van der Waals surface area contributed by atoms with Gasteiger partial charge in [0.25, 0.3) is 0 Å². The van der Waals surface area contributed by atoms with E-state index < -0.39 is 34.6 Å². The van der Waals surface area contributed by atoms with Crippen molar-refractivity contribution in [1.29, 1.82) is 0 Å². The first-order chi connectivity index (χ1) is 13.1. The van der Waals surface area contributed by atoms with Crippen molar-refractivity contribution in [1.82, 2.24) is 14.1 Å². The minimum Gasteiger partial charge on any atom is -0.323 e. The number of sulfonamides is 1. The molecule has 2 heterocycles. The zero-order valence-electron chi connectivity index (χ0n) is 14.8. The molecule has 0 spiro atoms. The number of benzene rings is 1. The Morgan fingerprint density at radius 2 is 1.96 bits per heavy atom. The molecule has 1 fully saturated rings. The summed E-state index contributed by atoms with van der Waals surface area (Å²) in [5.74, 6) is -1.04. The summed E-state index contributed by atoms with van der Waals surface area (Å²) in [5.41, 5.74) is 0.136. The van der Waals surface area contributed by atoms with E-state index in [1.54, 1.807) is 18.2 Å². The number of carbonyl (C=O) groups is 1. The molecule has 1 aromatic heterocycles. The molecule has 0 unspecified atom stereocenters. The molecular weight excluding hydrogens is 397 g/mol. The van der Waals surface area contributed by atoms with E-state index in [-0.39, 0.29) is 17.1 Å². The zero-order valence-corrected chi connectivity index (χ0v) is 15.6. The number of anilines is 1. The van der Waals surface area contributed by atoms with E-state index in [1.165, 1.54) is 16.4 Å². The first-order valence-electron chi connectivity index (χ1n) is 8.60. The lowest BCUT2D eigenvalue weighted by molar-refractivity contribution is -0.142. The molecule has 1 aromatic carbocycles. The molecule has 1 aliphatic heterocycles. The highest BCUT2D eigenvalue weighted by Crippen LogP contribution is 2.25. The van der Waals surface area contributed by atoms with Crippen molar-refractivity contribution in [2.24, 2.45) is 5.92 Å². The number of halogens is 3. The molecular formula is C17H19F3N4O3S. The Kier molecular flexibility index (Phi) is 5.75. The molecule has 1 atom stereocenters. The minimum absolute atomic E-state index is 0.0136. The van der Waals surface area contributed by atoms with Gasteiger partial charge < -0.3 is 5.32 Å². The summed E-state index contributed by atoms with van der Waals surface area (Å²) in [4.78, 5) is 12.6. The summed E-state index contributed by atoms with van der Waals surface area (Å²) in [6, 6.07) is 7.95. The van der Waals surface area contributed by atoms with E-state index in [9.17, 15) is 26.4 Å². The molecule has 11 heteroatoms. The molecule has 7 nitrogen and oxygen atoms in total. The van der Waals surface area contributed by atoms with Gasteiger partial charge in [-0.1, -0.05) is 18.2 Å². The average Bonchev–Trinajstić information content (AvgIpc) is 3.07. The smallest absolute Gasteiger partial charge is 0.323 e. The average molecular weight is 416 g/mol. The highest BCUT2D eigenvalue weighted by atomic mass is 32.2. The van der Waals surface area contributed by atoms with E-state index >= 15 is 0 Å². The maximum absolute atomic E-state index is 12.7. The second-order valence-corrected chi connectivity index (χ2v) is 8.48. The lowest BCUT2D eigenvalue weighted by Crippen LogP contribution is -2.43. The van der Waals surface area contributed by atoms with Gasteiger partial charge in [-0.2, -0.15) is 22.6 Å². The van der Waals surface area contributed by atoms with Gasteiger partial charge in [0.2, 0.25) is 15.9 Å². The molecule has 1 amide bonds. The quantitative estimate of drug-likeness (QED) is 0.812. The van der Waals surface area contributed by atoms with Crippen molar-refractivity contribution in [3.05, 3.63) is 42.7 Å². The Balaban J connectivity index is 1.65. The Morgan fingerprint density at radius 1 is 1.25 bits per heavy atom. The second kappa shape index (κ2) is 7.92. The summed E-state index contributed by atoms with van der Waals surface area (Å²) < 4.78 is 64.6. The van der Waals surface area contributed by atoms with Crippen LogP contribution in [0.1, 0.15) is 12.8 Å². The van der Waals surface area contributed by atoms with E-state index in [0.717, 1.165) is 12.4 Å². The van der Waals surface area contributed by atoms with Crippen LogP contribution in [0, 0.1) is 5.92 Å². The number of piperidine rings is 1. The fourth-order valence-electron chi connectivity index (χ4n) is 3.06. The first-order valence-corrected chi connectivity index (χ1v) is 10.0. The molecule has 2 aromatic rings. The van der Waals surface area contributed by atoms with Crippen LogP contribution in [0.4, 0.5) is 18.9 Å². The van der Waals surface area contributed by atoms with Gasteiger partial charge in [-0.15, -0.1) is 0 Å². The van der Waals surface area contributed by atoms with Crippen LogP contribution in [0.3, 0.4) is 0 Å². The van der Waals surface area contributed by atoms with Crippen LogP contribution in [-0.2, 0) is 21.4 Å². The summed E-state index contributed by atoms with van der Waals surface area (Å²) in [6.45, 7) is -0.931. The highest BCUT2D eigenvalue weighted by molar-refractivity contribution is 7.89. The third-order valence-electron chi connectivity index (χ3n) is 4.38. The minimum atomic E-state index is -4.41. The van der Waals surface area contributed by atoms with Gasteiger partial charge in [0, 0.05) is 19.3 Å². The lowest BCUT2D eigenvalue weighted by Gasteiger charge is -2.31. The van der Waals surface area contributed by atoms with Gasteiger partial charge in [0.05, 0.1) is 22.7 Å². The fraction of sp³-hybridized carbons (Fsp3) is 0.412. The third-order valence-corrected chi connectivity index (χ3v) is 6.26. The van der Waals surface area contributed by atoms with Crippen LogP contribution in [0.5, 0.6) is 0 Å². The molecule has 1 saturated heterocycles. The molecule has 0 saturated carbocycles. The van der Waals surface area contributed by atoms with E-state index in [2.05, 4.69) is 10.4 Å². The molecule has 152 valence electrons. The van der Waals surface area contributed by atoms with Crippen LogP contribution >= 0.6 is 0 Å². The van der Waals surface area contributed by atoms with Gasteiger partial charge in [-0.3, -0.25) is 9.48 Å². The number of hydrogen-bond donors (Lipinski definition) is 1. The monoisotopic (exact) mass is 416 g/mol. The summed E-state index contributed by atoms with van der Waals surface area (Å²) >= 11 is 0. The van der Waals surface area contributed by atoms with Crippen LogP contribution in [0.2, 0.25) is 0 Å². The molecule has 0 radical (unpaired) electrons. The van der Waals surface area contributed by atoms with Crippen LogP contribution in [0.15, 0.2) is 47.6 Å². The highest BCUT2D eigenvalue weighted by Gasteiger charge is 2.33. The van der Waals surface area contributed by atoms with Crippen LogP contribution in [0.25, 0.3) is 0 Å². The summed E-state index contributed by atoms with van der Waals surface area (Å²) in [7, 11) is -3.71. The maximum atomic E-state index is 12.7. The first kappa shape index (κ1) is 20.3. The topological polar surface area (TPSA) is 84.3 Å². The third kappa shape index (κ3) is 4.90. The molecule has 0 aliphatic carbocycles. The largest absolute Gasteiger partial charge is 0.408 e. The normalized spacial score (nSPS) is 18.8. The number of alkyl halides is 3. The number of carbonyl (C=O) groups excluding carboxylic acids is 1. The standard InChI is InChI=1S/C17H19F3N4O3S/c18-17(19,20)12-23-11-14(9-21-23)22-16(25)13-5-4-8-24(10-13)28(26,27)15-6-2-1-3-7-15/h1-3,6-7,9,11,13H,4-5,8,10,12H2,(H,22,25)/t13-/m1/s1. The fourth-order valence-corrected chi connectivity index (χ4v) is 4.60. The zero-order chi connectivity index (χ0) is 20.4. The summed E-state index contributed by atoms with van der Waals surface area (Å²) in [5, 5.41) is 6.09. The molecule has 0 bridgehead atoms. The molecule has 3 rings (SSSR count). The van der Waals surface area contributed by atoms with Gasteiger partial charge in [0.15, 0.2) is 0 Å². The molecule has 1 aliphatic rings. The number of nitrogens with zero attached hydrogens (tertiary/aromatic N) is 3. The predicted molar refractivity (Wildman–Crippen MR) is 94.8 cm³/mol. The van der Waals surface area contributed by atoms with Crippen molar-refractivity contribution in [3.63, 3.8) is 0 Å². The van der Waals surface area contributed by atoms with Crippen molar-refractivity contribution >= 4 is 21.6 Å². The SMILES string of the molecule is O=C(Nc1cnn(CC(F)(F)F)c1)[C@@H]1CCCN(S(=O)(=O)c2ccccc2)C1. The van der Waals surface area contributed by atoms with Crippen molar-refractivity contribution in [3.8, 4) is 0 Å². The lowest BCUT2D eigenvalue weighted by atomic mass is 9.99. The number of amides is 1.